The fourth-order valence-corrected chi connectivity index (χ4v) is 3.16. The molecule has 0 saturated carbocycles. The number of thiazole rings is 1. The smallest absolute Gasteiger partial charge is 0.408 e. The number of carbonyl (C=O) groups is 1. The van der Waals surface area contributed by atoms with Crippen LogP contribution >= 0.6 is 11.3 Å². The number of aromatic nitrogens is 1. The predicted molar refractivity (Wildman–Crippen MR) is 112 cm³/mol. The second kappa shape index (κ2) is 10.5. The molecule has 1 aromatic heterocycles. The minimum atomic E-state index is -0.520. The maximum absolute atomic E-state index is 12.3. The number of ether oxygens (including phenoxy) is 1. The molecular formula is C19H35N5O2S. The Labute approximate surface area is 167 Å². The number of nitrogens with zero attached hydrogens (tertiary/aromatic N) is 2. The van der Waals surface area contributed by atoms with Crippen molar-refractivity contribution in [3.05, 3.63) is 16.1 Å². The average Bonchev–Trinajstić information content (AvgIpc) is 2.99. The van der Waals surface area contributed by atoms with Crippen molar-refractivity contribution in [2.45, 2.75) is 79.0 Å². The number of hydrogen-bond acceptors (Lipinski definition) is 5. The summed E-state index contributed by atoms with van der Waals surface area (Å²) in [5, 5.41) is 9.67. The van der Waals surface area contributed by atoms with Gasteiger partial charge in [0, 0.05) is 18.0 Å². The van der Waals surface area contributed by atoms with Crippen LogP contribution in [0.2, 0.25) is 0 Å². The highest BCUT2D eigenvalue weighted by Crippen LogP contribution is 2.17. The van der Waals surface area contributed by atoms with Crippen molar-refractivity contribution >= 4 is 23.4 Å². The maximum Gasteiger partial charge on any atom is 0.408 e. The lowest BCUT2D eigenvalue weighted by molar-refractivity contribution is 0.0448. The number of alkyl carbamates (subject to hydrolysis) is 1. The Hall–Kier alpha value is -1.83. The van der Waals surface area contributed by atoms with Crippen LogP contribution in [-0.4, -0.2) is 41.3 Å². The van der Waals surface area contributed by atoms with Crippen molar-refractivity contribution in [2.24, 2.45) is 4.99 Å². The molecule has 0 radical (unpaired) electrons. The standard InChI is InChI=1S/C19H35N5O2S/c1-8-19(9-2,24-17(25)26-18(5,6)7)12-22-16(20-10-3)21-11-15-14(4)23-13-27-15/h13H,8-12H2,1-7H3,(H,24,25)(H2,20,21,22). The van der Waals surface area contributed by atoms with Crippen molar-refractivity contribution in [2.75, 3.05) is 13.1 Å². The average molecular weight is 398 g/mol. The van der Waals surface area contributed by atoms with Gasteiger partial charge in [-0.25, -0.2) is 14.8 Å². The van der Waals surface area contributed by atoms with E-state index in [0.29, 0.717) is 13.1 Å². The summed E-state index contributed by atoms with van der Waals surface area (Å²) in [6, 6.07) is 0. The van der Waals surface area contributed by atoms with Gasteiger partial charge in [-0.2, -0.15) is 0 Å². The van der Waals surface area contributed by atoms with Gasteiger partial charge in [0.2, 0.25) is 0 Å². The highest BCUT2D eigenvalue weighted by molar-refractivity contribution is 7.09. The predicted octanol–water partition coefficient (Wildman–Crippen LogP) is 3.59. The summed E-state index contributed by atoms with van der Waals surface area (Å²) in [5.41, 5.74) is 1.93. The quantitative estimate of drug-likeness (QED) is 0.461. The molecule has 1 aromatic rings. The molecule has 0 spiro atoms. The van der Waals surface area contributed by atoms with E-state index in [2.05, 4.69) is 39.8 Å². The van der Waals surface area contributed by atoms with Gasteiger partial charge < -0.3 is 20.7 Å². The molecule has 0 fully saturated rings. The lowest BCUT2D eigenvalue weighted by Crippen LogP contribution is -2.57. The molecule has 1 rings (SSSR count). The van der Waals surface area contributed by atoms with E-state index in [1.165, 1.54) is 0 Å². The number of hydrogen-bond donors (Lipinski definition) is 3. The summed E-state index contributed by atoms with van der Waals surface area (Å²) in [7, 11) is 0. The second-order valence-corrected chi connectivity index (χ2v) is 8.46. The van der Waals surface area contributed by atoms with Crippen molar-refractivity contribution in [3.63, 3.8) is 0 Å². The molecule has 154 valence electrons. The van der Waals surface area contributed by atoms with E-state index < -0.39 is 17.2 Å². The largest absolute Gasteiger partial charge is 0.444 e. The highest BCUT2D eigenvalue weighted by Gasteiger charge is 2.30. The van der Waals surface area contributed by atoms with E-state index in [0.717, 1.165) is 35.9 Å². The first-order valence-corrected chi connectivity index (χ1v) is 10.4. The van der Waals surface area contributed by atoms with Crippen LogP contribution in [0.25, 0.3) is 0 Å². The van der Waals surface area contributed by atoms with Gasteiger partial charge in [0.25, 0.3) is 0 Å². The highest BCUT2D eigenvalue weighted by atomic mass is 32.1. The monoisotopic (exact) mass is 397 g/mol. The molecule has 1 amide bonds. The number of aryl methyl sites for hydroxylation is 1. The molecule has 0 saturated heterocycles. The van der Waals surface area contributed by atoms with Gasteiger partial charge in [-0.3, -0.25) is 0 Å². The Morgan fingerprint density at radius 3 is 2.37 bits per heavy atom. The van der Waals surface area contributed by atoms with Gasteiger partial charge in [-0.1, -0.05) is 13.8 Å². The fraction of sp³-hybridized carbons (Fsp3) is 0.737. The molecule has 0 aliphatic carbocycles. The Morgan fingerprint density at radius 2 is 1.89 bits per heavy atom. The molecule has 8 heteroatoms. The van der Waals surface area contributed by atoms with Crippen LogP contribution in [0.5, 0.6) is 0 Å². The number of guanidine groups is 1. The molecule has 0 aromatic carbocycles. The fourth-order valence-electron chi connectivity index (χ4n) is 2.46. The molecule has 3 N–H and O–H groups in total. The second-order valence-electron chi connectivity index (χ2n) is 7.52. The van der Waals surface area contributed by atoms with E-state index in [4.69, 9.17) is 4.74 Å². The molecule has 0 bridgehead atoms. The molecule has 7 nitrogen and oxygen atoms in total. The van der Waals surface area contributed by atoms with Gasteiger partial charge in [-0.05, 0) is 47.5 Å². The van der Waals surface area contributed by atoms with Crippen LogP contribution in [0.3, 0.4) is 0 Å². The van der Waals surface area contributed by atoms with Gasteiger partial charge >= 0.3 is 6.09 Å². The van der Waals surface area contributed by atoms with Crippen molar-refractivity contribution in [1.82, 2.24) is 20.9 Å². The summed E-state index contributed by atoms with van der Waals surface area (Å²) < 4.78 is 5.43. The van der Waals surface area contributed by atoms with E-state index in [9.17, 15) is 4.79 Å². The van der Waals surface area contributed by atoms with E-state index in [1.807, 2.05) is 40.1 Å². The van der Waals surface area contributed by atoms with E-state index in [-0.39, 0.29) is 0 Å². The molecule has 0 aliphatic rings. The van der Waals surface area contributed by atoms with Crippen molar-refractivity contribution < 1.29 is 9.53 Å². The zero-order chi connectivity index (χ0) is 20.5. The van der Waals surface area contributed by atoms with E-state index >= 15 is 0 Å². The lowest BCUT2D eigenvalue weighted by Gasteiger charge is -2.34. The van der Waals surface area contributed by atoms with Crippen LogP contribution in [0.4, 0.5) is 4.79 Å². The van der Waals surface area contributed by atoms with Gasteiger partial charge in [0.05, 0.1) is 23.3 Å². The zero-order valence-electron chi connectivity index (χ0n) is 17.7. The SMILES string of the molecule is CCNC(=NCc1scnc1C)NCC(CC)(CC)NC(=O)OC(C)(C)C. The first-order chi connectivity index (χ1) is 12.6. The van der Waals surface area contributed by atoms with E-state index in [1.54, 1.807) is 11.3 Å². The van der Waals surface area contributed by atoms with Crippen molar-refractivity contribution in [3.8, 4) is 0 Å². The molecule has 0 aliphatic heterocycles. The maximum atomic E-state index is 12.3. The summed E-state index contributed by atoms with van der Waals surface area (Å²) in [5.74, 6) is 0.725. The third-order valence-corrected chi connectivity index (χ3v) is 5.20. The lowest BCUT2D eigenvalue weighted by atomic mass is 9.93. The first kappa shape index (κ1) is 23.2. The molecule has 27 heavy (non-hydrogen) atoms. The Bertz CT molecular complexity index is 618. The summed E-state index contributed by atoms with van der Waals surface area (Å²) in [6.45, 7) is 15.6. The minimum absolute atomic E-state index is 0.393. The van der Waals surface area contributed by atoms with Gasteiger partial charge in [0.1, 0.15) is 5.60 Å². The third-order valence-electron chi connectivity index (χ3n) is 4.28. The molecule has 1 heterocycles. The first-order valence-electron chi connectivity index (χ1n) is 9.57. The summed E-state index contributed by atoms with van der Waals surface area (Å²) in [6.07, 6.45) is 1.17. The summed E-state index contributed by atoms with van der Waals surface area (Å²) in [4.78, 5) is 22.3. The zero-order valence-corrected chi connectivity index (χ0v) is 18.5. The number of amides is 1. The third kappa shape index (κ3) is 8.15. The van der Waals surface area contributed by atoms with Gasteiger partial charge in [0.15, 0.2) is 5.96 Å². The number of rotatable bonds is 8. The van der Waals surface area contributed by atoms with Crippen LogP contribution in [0, 0.1) is 6.92 Å². The molecule has 0 atom stereocenters. The Kier molecular flexibility index (Phi) is 9.02. The summed E-state index contributed by atoms with van der Waals surface area (Å²) >= 11 is 1.61. The van der Waals surface area contributed by atoms with Crippen LogP contribution in [0.1, 0.15) is 65.0 Å². The van der Waals surface area contributed by atoms with Crippen LogP contribution in [0.15, 0.2) is 10.5 Å². The Morgan fingerprint density at radius 1 is 1.22 bits per heavy atom. The van der Waals surface area contributed by atoms with Gasteiger partial charge in [-0.15, -0.1) is 11.3 Å². The molecular weight excluding hydrogens is 362 g/mol. The Balaban J connectivity index is 2.78. The number of nitrogens with one attached hydrogen (secondary N) is 3. The van der Waals surface area contributed by atoms with Crippen LogP contribution in [-0.2, 0) is 11.3 Å². The normalized spacial score (nSPS) is 12.6. The minimum Gasteiger partial charge on any atom is -0.444 e. The molecule has 0 unspecified atom stereocenters. The number of aliphatic imine (C=N–C) groups is 1. The topological polar surface area (TPSA) is 87.6 Å². The van der Waals surface area contributed by atoms with Crippen molar-refractivity contribution in [1.29, 1.82) is 0 Å². The number of carbonyl (C=O) groups excluding carboxylic acids is 1. The van der Waals surface area contributed by atoms with Crippen LogP contribution < -0.4 is 16.0 Å².